The van der Waals surface area contributed by atoms with Gasteiger partial charge in [0.15, 0.2) is 6.61 Å². The molecule has 0 aliphatic heterocycles. The van der Waals surface area contributed by atoms with Gasteiger partial charge < -0.3 is 9.26 Å². The van der Waals surface area contributed by atoms with Gasteiger partial charge in [-0.3, -0.25) is 0 Å². The number of nitrogens with zero attached hydrogens (tertiary/aromatic N) is 2. The van der Waals surface area contributed by atoms with Crippen LogP contribution in [0.4, 0.5) is 0 Å². The summed E-state index contributed by atoms with van der Waals surface area (Å²) >= 11 is 5.76. The lowest BCUT2D eigenvalue weighted by atomic mass is 10.2. The van der Waals surface area contributed by atoms with E-state index in [1.165, 1.54) is 0 Å². The molecule has 0 fully saturated rings. The fraction of sp³-hybridized carbons (Fsp3) is 0.0625. The first-order chi connectivity index (χ1) is 10.7. The summed E-state index contributed by atoms with van der Waals surface area (Å²) in [5.41, 5.74) is 1.24. The Kier molecular flexibility index (Phi) is 4.16. The Balaban J connectivity index is 1.64. The predicted octanol–water partition coefficient (Wildman–Crippen LogP) is 3.75. The third-order valence-electron chi connectivity index (χ3n) is 2.91. The van der Waals surface area contributed by atoms with E-state index in [9.17, 15) is 4.79 Å². The Morgan fingerprint density at radius 3 is 2.55 bits per heavy atom. The molecule has 0 saturated carbocycles. The maximum atomic E-state index is 11.9. The third-order valence-corrected chi connectivity index (χ3v) is 3.16. The minimum atomic E-state index is -0.476. The fourth-order valence-corrected chi connectivity index (χ4v) is 1.94. The monoisotopic (exact) mass is 314 g/mol. The van der Waals surface area contributed by atoms with Gasteiger partial charge in [0.2, 0.25) is 5.82 Å². The maximum absolute atomic E-state index is 11.9. The summed E-state index contributed by atoms with van der Waals surface area (Å²) in [5.74, 6) is 0.218. The summed E-state index contributed by atoms with van der Waals surface area (Å²) in [6, 6.07) is 15.8. The van der Waals surface area contributed by atoms with Crippen molar-refractivity contribution >= 4 is 17.6 Å². The van der Waals surface area contributed by atoms with E-state index in [1.54, 1.807) is 24.3 Å². The van der Waals surface area contributed by atoms with Gasteiger partial charge in [-0.15, -0.1) is 0 Å². The maximum Gasteiger partial charge on any atom is 0.338 e. The van der Waals surface area contributed by atoms with Crippen LogP contribution in [0.5, 0.6) is 0 Å². The molecule has 0 unspecified atom stereocenters. The number of carbonyl (C=O) groups is 1. The molecule has 110 valence electrons. The average Bonchev–Trinajstić information content (AvgIpc) is 3.03. The lowest BCUT2D eigenvalue weighted by Crippen LogP contribution is -2.05. The van der Waals surface area contributed by atoms with E-state index in [1.807, 2.05) is 30.3 Å². The van der Waals surface area contributed by atoms with E-state index in [4.69, 9.17) is 20.9 Å². The first-order valence-electron chi connectivity index (χ1n) is 6.53. The first kappa shape index (κ1) is 14.3. The van der Waals surface area contributed by atoms with Gasteiger partial charge >= 0.3 is 5.97 Å². The van der Waals surface area contributed by atoms with E-state index < -0.39 is 5.97 Å². The zero-order chi connectivity index (χ0) is 15.4. The van der Waals surface area contributed by atoms with Crippen molar-refractivity contribution in [3.63, 3.8) is 0 Å². The van der Waals surface area contributed by atoms with Crippen LogP contribution in [0.1, 0.15) is 16.2 Å². The second-order valence-corrected chi connectivity index (χ2v) is 4.90. The zero-order valence-electron chi connectivity index (χ0n) is 11.4. The van der Waals surface area contributed by atoms with Gasteiger partial charge in [0.1, 0.15) is 0 Å². The highest BCUT2D eigenvalue weighted by Crippen LogP contribution is 2.16. The lowest BCUT2D eigenvalue weighted by Gasteiger charge is -2.01. The smallest absolute Gasteiger partial charge is 0.338 e. The number of carbonyl (C=O) groups excluding carboxylic acids is 1. The van der Waals surface area contributed by atoms with Crippen molar-refractivity contribution in [3.05, 3.63) is 71.1 Å². The first-order valence-corrected chi connectivity index (χ1v) is 6.91. The molecule has 0 saturated heterocycles. The average molecular weight is 315 g/mol. The van der Waals surface area contributed by atoms with Crippen LogP contribution in [-0.4, -0.2) is 16.1 Å². The third kappa shape index (κ3) is 3.32. The Morgan fingerprint density at radius 2 is 1.82 bits per heavy atom. The number of ether oxygens (including phenoxy) is 1. The molecule has 1 aromatic heterocycles. The predicted molar refractivity (Wildman–Crippen MR) is 80.3 cm³/mol. The standard InChI is InChI=1S/C16H11ClN2O3/c17-13-8-6-12(7-9-13)16(20)21-10-14-18-15(19-22-14)11-4-2-1-3-5-11/h1-9H,10H2. The SMILES string of the molecule is O=C(OCc1nc(-c2ccccc2)no1)c1ccc(Cl)cc1. The molecule has 0 bridgehead atoms. The van der Waals surface area contributed by atoms with Crippen molar-refractivity contribution < 1.29 is 14.1 Å². The molecule has 22 heavy (non-hydrogen) atoms. The van der Waals surface area contributed by atoms with Gasteiger partial charge in [0.25, 0.3) is 5.89 Å². The van der Waals surface area contributed by atoms with Crippen LogP contribution >= 0.6 is 11.6 Å². The highest BCUT2D eigenvalue weighted by molar-refractivity contribution is 6.30. The van der Waals surface area contributed by atoms with Crippen molar-refractivity contribution in [2.75, 3.05) is 0 Å². The van der Waals surface area contributed by atoms with Crippen molar-refractivity contribution in [1.82, 2.24) is 10.1 Å². The molecular weight excluding hydrogens is 304 g/mol. The molecule has 0 aliphatic carbocycles. The van der Waals surface area contributed by atoms with Crippen LogP contribution in [-0.2, 0) is 11.3 Å². The second kappa shape index (κ2) is 6.41. The van der Waals surface area contributed by atoms with Crippen molar-refractivity contribution in [2.24, 2.45) is 0 Å². The van der Waals surface area contributed by atoms with Gasteiger partial charge in [-0.25, -0.2) is 4.79 Å². The van der Waals surface area contributed by atoms with E-state index in [2.05, 4.69) is 10.1 Å². The number of benzene rings is 2. The van der Waals surface area contributed by atoms with Crippen molar-refractivity contribution in [2.45, 2.75) is 6.61 Å². The van der Waals surface area contributed by atoms with Crippen LogP contribution in [0.25, 0.3) is 11.4 Å². The molecule has 0 atom stereocenters. The van der Waals surface area contributed by atoms with E-state index in [0.29, 0.717) is 16.4 Å². The minimum absolute atomic E-state index is 0.0821. The number of hydrogen-bond donors (Lipinski definition) is 0. The van der Waals surface area contributed by atoms with Crippen LogP contribution in [0.3, 0.4) is 0 Å². The van der Waals surface area contributed by atoms with Gasteiger partial charge in [-0.05, 0) is 24.3 Å². The Hall–Kier alpha value is -2.66. The number of esters is 1. The molecule has 6 heteroatoms. The molecular formula is C16H11ClN2O3. The highest BCUT2D eigenvalue weighted by Gasteiger charge is 2.12. The van der Waals surface area contributed by atoms with Crippen LogP contribution < -0.4 is 0 Å². The molecule has 0 amide bonds. The lowest BCUT2D eigenvalue weighted by molar-refractivity contribution is 0.0430. The number of rotatable bonds is 4. The topological polar surface area (TPSA) is 65.2 Å². The molecule has 3 aromatic rings. The molecule has 0 spiro atoms. The summed E-state index contributed by atoms with van der Waals surface area (Å²) in [6.45, 7) is -0.0821. The van der Waals surface area contributed by atoms with Crippen LogP contribution in [0.2, 0.25) is 5.02 Å². The number of hydrogen-bond acceptors (Lipinski definition) is 5. The molecule has 1 heterocycles. The Bertz CT molecular complexity index is 770. The summed E-state index contributed by atoms with van der Waals surface area (Å²) in [6.07, 6.45) is 0. The van der Waals surface area contributed by atoms with Crippen molar-refractivity contribution in [1.29, 1.82) is 0 Å². The molecule has 0 radical (unpaired) electrons. The largest absolute Gasteiger partial charge is 0.452 e. The molecule has 0 aliphatic rings. The molecule has 5 nitrogen and oxygen atoms in total. The summed E-state index contributed by atoms with van der Waals surface area (Å²) in [5, 5.41) is 4.41. The molecule has 3 rings (SSSR count). The Labute approximate surface area is 131 Å². The summed E-state index contributed by atoms with van der Waals surface area (Å²) in [4.78, 5) is 16.0. The quantitative estimate of drug-likeness (QED) is 0.686. The Morgan fingerprint density at radius 1 is 1.09 bits per heavy atom. The summed E-state index contributed by atoms with van der Waals surface area (Å²) in [7, 11) is 0. The normalized spacial score (nSPS) is 10.4. The second-order valence-electron chi connectivity index (χ2n) is 4.46. The van der Waals surface area contributed by atoms with Crippen LogP contribution in [0.15, 0.2) is 59.1 Å². The van der Waals surface area contributed by atoms with E-state index in [0.717, 1.165) is 5.56 Å². The van der Waals surface area contributed by atoms with Gasteiger partial charge in [-0.1, -0.05) is 47.1 Å². The number of aromatic nitrogens is 2. The fourth-order valence-electron chi connectivity index (χ4n) is 1.81. The van der Waals surface area contributed by atoms with Crippen molar-refractivity contribution in [3.8, 4) is 11.4 Å². The van der Waals surface area contributed by atoms with E-state index >= 15 is 0 Å². The summed E-state index contributed by atoms with van der Waals surface area (Å²) < 4.78 is 10.2. The molecule has 0 N–H and O–H groups in total. The van der Waals surface area contributed by atoms with E-state index in [-0.39, 0.29) is 12.5 Å². The van der Waals surface area contributed by atoms with Gasteiger partial charge in [0.05, 0.1) is 5.56 Å². The van der Waals surface area contributed by atoms with Gasteiger partial charge in [0, 0.05) is 10.6 Å². The number of halogens is 1. The zero-order valence-corrected chi connectivity index (χ0v) is 12.2. The van der Waals surface area contributed by atoms with Gasteiger partial charge in [-0.2, -0.15) is 4.98 Å². The minimum Gasteiger partial charge on any atom is -0.452 e. The highest BCUT2D eigenvalue weighted by atomic mass is 35.5. The molecule has 2 aromatic carbocycles. The van der Waals surface area contributed by atoms with Crippen LogP contribution in [0, 0.1) is 0 Å².